The van der Waals surface area contributed by atoms with Gasteiger partial charge in [0.25, 0.3) is 0 Å². The van der Waals surface area contributed by atoms with E-state index in [4.69, 9.17) is 9.47 Å². The van der Waals surface area contributed by atoms with Gasteiger partial charge in [0.1, 0.15) is 0 Å². The lowest BCUT2D eigenvalue weighted by atomic mass is 10.1. The van der Waals surface area contributed by atoms with Gasteiger partial charge in [0.05, 0.1) is 32.5 Å². The number of aliphatic hydroxyl groups excluding tert-OH is 1. The number of benzene rings is 1. The Balaban J connectivity index is 1.30. The van der Waals surface area contributed by atoms with E-state index in [9.17, 15) is 5.11 Å². The largest absolute Gasteiger partial charge is 0.390 e. The molecule has 5 heteroatoms. The topological polar surface area (TPSA) is 45.2 Å². The summed E-state index contributed by atoms with van der Waals surface area (Å²) < 4.78 is 11.2. The zero-order chi connectivity index (χ0) is 16.6. The van der Waals surface area contributed by atoms with E-state index < -0.39 is 0 Å². The van der Waals surface area contributed by atoms with Gasteiger partial charge >= 0.3 is 0 Å². The van der Waals surface area contributed by atoms with Crippen molar-refractivity contribution in [3.05, 3.63) is 35.9 Å². The van der Waals surface area contributed by atoms with E-state index in [1.54, 1.807) is 0 Å². The highest BCUT2D eigenvalue weighted by molar-refractivity contribution is 5.13. The van der Waals surface area contributed by atoms with E-state index in [2.05, 4.69) is 21.9 Å². The minimum Gasteiger partial charge on any atom is -0.390 e. The Morgan fingerprint density at radius 1 is 1.08 bits per heavy atom. The standard InChI is InChI=1S/C19H30N2O3/c22-19(13-20-8-10-23-11-9-20)14-21-7-6-18(12-21)16-24-15-17-4-2-1-3-5-17/h1-5,18-19,22H,6-16H2. The van der Waals surface area contributed by atoms with Gasteiger partial charge in [-0.3, -0.25) is 4.90 Å². The Bertz CT molecular complexity index is 465. The van der Waals surface area contributed by atoms with Crippen molar-refractivity contribution in [1.82, 2.24) is 9.80 Å². The highest BCUT2D eigenvalue weighted by Crippen LogP contribution is 2.17. The maximum atomic E-state index is 10.3. The van der Waals surface area contributed by atoms with Gasteiger partial charge in [0.2, 0.25) is 0 Å². The summed E-state index contributed by atoms with van der Waals surface area (Å²) in [6.45, 7) is 8.59. The summed E-state index contributed by atoms with van der Waals surface area (Å²) in [5, 5.41) is 10.3. The molecule has 134 valence electrons. The summed E-state index contributed by atoms with van der Waals surface area (Å²) in [7, 11) is 0. The lowest BCUT2D eigenvalue weighted by molar-refractivity contribution is 0.00786. The molecule has 0 aromatic heterocycles. The van der Waals surface area contributed by atoms with Crippen LogP contribution in [0.3, 0.4) is 0 Å². The van der Waals surface area contributed by atoms with Crippen molar-refractivity contribution in [3.8, 4) is 0 Å². The predicted molar refractivity (Wildman–Crippen MR) is 93.9 cm³/mol. The van der Waals surface area contributed by atoms with E-state index in [0.717, 1.165) is 59.1 Å². The second-order valence-electron chi connectivity index (χ2n) is 6.98. The SMILES string of the molecule is OC(CN1CCOCC1)CN1CCC(COCc2ccccc2)C1. The van der Waals surface area contributed by atoms with Crippen LogP contribution in [0.15, 0.2) is 30.3 Å². The van der Waals surface area contributed by atoms with Crippen LogP contribution in [0.25, 0.3) is 0 Å². The molecule has 1 aromatic rings. The molecular weight excluding hydrogens is 304 g/mol. The Morgan fingerprint density at radius 3 is 2.62 bits per heavy atom. The summed E-state index contributed by atoms with van der Waals surface area (Å²) in [5.74, 6) is 0.587. The molecule has 2 aliphatic heterocycles. The lowest BCUT2D eigenvalue weighted by Crippen LogP contribution is -2.44. The van der Waals surface area contributed by atoms with Crippen molar-refractivity contribution in [2.24, 2.45) is 5.92 Å². The fourth-order valence-electron chi connectivity index (χ4n) is 3.57. The first-order chi connectivity index (χ1) is 11.8. The zero-order valence-corrected chi connectivity index (χ0v) is 14.5. The molecule has 0 radical (unpaired) electrons. The normalized spacial score (nSPS) is 24.3. The van der Waals surface area contributed by atoms with E-state index in [-0.39, 0.29) is 6.10 Å². The molecule has 3 rings (SSSR count). The summed E-state index contributed by atoms with van der Waals surface area (Å²) in [4.78, 5) is 4.67. The second kappa shape index (κ2) is 9.49. The molecule has 2 saturated heterocycles. The zero-order valence-electron chi connectivity index (χ0n) is 14.5. The van der Waals surface area contributed by atoms with Crippen LogP contribution in [-0.2, 0) is 16.1 Å². The average molecular weight is 334 g/mol. The molecule has 0 saturated carbocycles. The molecular formula is C19H30N2O3. The van der Waals surface area contributed by atoms with E-state index >= 15 is 0 Å². The van der Waals surface area contributed by atoms with Crippen LogP contribution in [0.5, 0.6) is 0 Å². The molecule has 0 amide bonds. The maximum absolute atomic E-state index is 10.3. The van der Waals surface area contributed by atoms with Crippen molar-refractivity contribution < 1.29 is 14.6 Å². The monoisotopic (exact) mass is 334 g/mol. The van der Waals surface area contributed by atoms with Crippen LogP contribution >= 0.6 is 0 Å². The van der Waals surface area contributed by atoms with E-state index in [1.165, 1.54) is 12.0 Å². The number of hydrogen-bond acceptors (Lipinski definition) is 5. The first-order valence-corrected chi connectivity index (χ1v) is 9.12. The van der Waals surface area contributed by atoms with Gasteiger partial charge in [0.15, 0.2) is 0 Å². The summed E-state index contributed by atoms with van der Waals surface area (Å²) in [5.41, 5.74) is 1.23. The van der Waals surface area contributed by atoms with Crippen LogP contribution in [0.2, 0.25) is 0 Å². The van der Waals surface area contributed by atoms with Crippen molar-refractivity contribution >= 4 is 0 Å². The highest BCUT2D eigenvalue weighted by Gasteiger charge is 2.25. The van der Waals surface area contributed by atoms with Crippen LogP contribution in [0.4, 0.5) is 0 Å². The maximum Gasteiger partial charge on any atom is 0.0793 e. The lowest BCUT2D eigenvalue weighted by Gasteiger charge is -2.30. The van der Waals surface area contributed by atoms with Gasteiger partial charge in [-0.2, -0.15) is 0 Å². The molecule has 24 heavy (non-hydrogen) atoms. The number of rotatable bonds is 8. The molecule has 2 unspecified atom stereocenters. The van der Waals surface area contributed by atoms with Gasteiger partial charge < -0.3 is 19.5 Å². The molecule has 1 aromatic carbocycles. The van der Waals surface area contributed by atoms with Crippen molar-refractivity contribution in [2.45, 2.75) is 19.1 Å². The molecule has 5 nitrogen and oxygen atoms in total. The molecule has 2 aliphatic rings. The number of morpholine rings is 1. The molecule has 0 spiro atoms. The highest BCUT2D eigenvalue weighted by atomic mass is 16.5. The van der Waals surface area contributed by atoms with Crippen LogP contribution in [0, 0.1) is 5.92 Å². The minimum atomic E-state index is -0.271. The van der Waals surface area contributed by atoms with Crippen LogP contribution in [-0.4, -0.2) is 80.1 Å². The Labute approximate surface area is 145 Å². The van der Waals surface area contributed by atoms with E-state index in [0.29, 0.717) is 12.5 Å². The van der Waals surface area contributed by atoms with Crippen molar-refractivity contribution in [2.75, 3.05) is 59.1 Å². The Hall–Kier alpha value is -0.980. The number of aliphatic hydroxyl groups is 1. The van der Waals surface area contributed by atoms with Gasteiger partial charge in [-0.15, -0.1) is 0 Å². The van der Waals surface area contributed by atoms with Crippen molar-refractivity contribution in [1.29, 1.82) is 0 Å². The summed E-state index contributed by atoms with van der Waals surface area (Å²) >= 11 is 0. The van der Waals surface area contributed by atoms with Gasteiger partial charge in [-0.05, 0) is 24.4 Å². The average Bonchev–Trinajstić information content (AvgIpc) is 3.04. The first kappa shape index (κ1) is 17.8. The molecule has 2 heterocycles. The molecule has 2 fully saturated rings. The third-order valence-electron chi connectivity index (χ3n) is 4.88. The third-order valence-corrected chi connectivity index (χ3v) is 4.88. The second-order valence-corrected chi connectivity index (χ2v) is 6.98. The van der Waals surface area contributed by atoms with Gasteiger partial charge in [-0.1, -0.05) is 30.3 Å². The summed E-state index contributed by atoms with van der Waals surface area (Å²) in [6.07, 6.45) is 0.895. The Morgan fingerprint density at radius 2 is 1.83 bits per heavy atom. The van der Waals surface area contributed by atoms with Gasteiger partial charge in [-0.25, -0.2) is 0 Å². The van der Waals surface area contributed by atoms with Crippen LogP contribution < -0.4 is 0 Å². The minimum absolute atomic E-state index is 0.271. The summed E-state index contributed by atoms with van der Waals surface area (Å²) in [6, 6.07) is 10.3. The number of β-amino-alcohol motifs (C(OH)–C–C–N with tert-alkyl or cyclic N) is 1. The smallest absolute Gasteiger partial charge is 0.0793 e. The molecule has 1 N–H and O–H groups in total. The fourth-order valence-corrected chi connectivity index (χ4v) is 3.57. The Kier molecular flexibility index (Phi) is 7.05. The number of nitrogens with zero attached hydrogens (tertiary/aromatic N) is 2. The third kappa shape index (κ3) is 5.83. The fraction of sp³-hybridized carbons (Fsp3) is 0.684. The molecule has 2 atom stereocenters. The predicted octanol–water partition coefficient (Wildman–Crippen LogP) is 1.22. The quantitative estimate of drug-likeness (QED) is 0.774. The van der Waals surface area contributed by atoms with Crippen LogP contribution in [0.1, 0.15) is 12.0 Å². The van der Waals surface area contributed by atoms with Crippen molar-refractivity contribution in [3.63, 3.8) is 0 Å². The van der Waals surface area contributed by atoms with Gasteiger partial charge in [0, 0.05) is 32.7 Å². The molecule has 0 bridgehead atoms. The number of hydrogen-bond donors (Lipinski definition) is 1. The first-order valence-electron chi connectivity index (χ1n) is 9.12. The molecule has 0 aliphatic carbocycles. The van der Waals surface area contributed by atoms with E-state index in [1.807, 2.05) is 18.2 Å². The number of likely N-dealkylation sites (tertiary alicyclic amines) is 1. The number of ether oxygens (including phenoxy) is 2.